The molecule has 0 N–H and O–H groups in total. The summed E-state index contributed by atoms with van der Waals surface area (Å²) < 4.78 is 1.14. The second kappa shape index (κ2) is 3.97. The van der Waals surface area contributed by atoms with Gasteiger partial charge in [-0.15, -0.1) is 0 Å². The molecule has 0 aromatic heterocycles. The van der Waals surface area contributed by atoms with Gasteiger partial charge in [-0.2, -0.15) is 0 Å². The number of hydrogen-bond acceptors (Lipinski definition) is 0. The molecule has 2 aromatic rings. The number of fused-ring (bicyclic) bond motifs is 1. The lowest BCUT2D eigenvalue weighted by Crippen LogP contribution is -1.77. The molecule has 0 aliphatic rings. The first-order chi connectivity index (χ1) is 6.81. The lowest BCUT2D eigenvalue weighted by atomic mass is 10.1. The van der Waals surface area contributed by atoms with Crippen molar-refractivity contribution in [1.29, 1.82) is 0 Å². The molecule has 0 atom stereocenters. The molecule has 0 unspecified atom stereocenters. The third-order valence-electron chi connectivity index (χ3n) is 2.28. The van der Waals surface area contributed by atoms with Gasteiger partial charge in [0.2, 0.25) is 0 Å². The Morgan fingerprint density at radius 3 is 2.50 bits per heavy atom. The largest absolute Gasteiger partial charge is 0.0728 e. The van der Waals surface area contributed by atoms with E-state index in [-0.39, 0.29) is 0 Å². The SMILES string of the molecule is C/C=C(\Br)c1ccc2ccccc2c1. The molecule has 0 nitrogen and oxygen atoms in total. The van der Waals surface area contributed by atoms with E-state index in [1.807, 2.05) is 6.92 Å². The highest BCUT2D eigenvalue weighted by atomic mass is 79.9. The zero-order chi connectivity index (χ0) is 9.97. The van der Waals surface area contributed by atoms with Crippen molar-refractivity contribution in [2.24, 2.45) is 0 Å². The van der Waals surface area contributed by atoms with Crippen LogP contribution >= 0.6 is 15.9 Å². The highest BCUT2D eigenvalue weighted by molar-refractivity contribution is 9.15. The van der Waals surface area contributed by atoms with E-state index in [1.165, 1.54) is 16.3 Å². The molecule has 1 heteroatoms. The Hall–Kier alpha value is -1.08. The van der Waals surface area contributed by atoms with E-state index in [9.17, 15) is 0 Å². The van der Waals surface area contributed by atoms with Gasteiger partial charge in [-0.1, -0.05) is 58.4 Å². The summed E-state index contributed by atoms with van der Waals surface area (Å²) >= 11 is 3.53. The van der Waals surface area contributed by atoms with Crippen LogP contribution in [-0.4, -0.2) is 0 Å². The van der Waals surface area contributed by atoms with E-state index in [1.54, 1.807) is 0 Å². The number of allylic oxidation sites excluding steroid dienone is 1. The van der Waals surface area contributed by atoms with Crippen molar-refractivity contribution in [2.45, 2.75) is 6.92 Å². The maximum absolute atomic E-state index is 3.53. The standard InChI is InChI=1S/C13H11Br/c1-2-13(14)12-8-7-10-5-3-4-6-11(10)9-12/h2-9H,1H3/b13-2-. The lowest BCUT2D eigenvalue weighted by molar-refractivity contribution is 1.68. The Balaban J connectivity index is 2.62. The topological polar surface area (TPSA) is 0 Å². The molecule has 2 rings (SSSR count). The summed E-state index contributed by atoms with van der Waals surface area (Å²) in [6.45, 7) is 2.03. The summed E-state index contributed by atoms with van der Waals surface area (Å²) in [5, 5.41) is 2.57. The van der Waals surface area contributed by atoms with Crippen molar-refractivity contribution in [2.75, 3.05) is 0 Å². The minimum absolute atomic E-state index is 1.14. The quantitative estimate of drug-likeness (QED) is 0.691. The van der Waals surface area contributed by atoms with Gasteiger partial charge in [0, 0.05) is 4.48 Å². The van der Waals surface area contributed by atoms with Gasteiger partial charge < -0.3 is 0 Å². The number of benzene rings is 2. The van der Waals surface area contributed by atoms with Crippen LogP contribution in [0.15, 0.2) is 48.5 Å². The maximum Gasteiger partial charge on any atom is 0.0205 e. The first-order valence-electron chi connectivity index (χ1n) is 4.62. The summed E-state index contributed by atoms with van der Waals surface area (Å²) in [6, 6.07) is 14.9. The fourth-order valence-electron chi connectivity index (χ4n) is 1.50. The second-order valence-corrected chi connectivity index (χ2v) is 4.05. The molecule has 0 saturated heterocycles. The molecule has 0 heterocycles. The van der Waals surface area contributed by atoms with E-state index in [2.05, 4.69) is 64.5 Å². The minimum Gasteiger partial charge on any atom is -0.0728 e. The summed E-state index contributed by atoms with van der Waals surface area (Å²) in [6.07, 6.45) is 2.06. The number of hydrogen-bond donors (Lipinski definition) is 0. The third-order valence-corrected chi connectivity index (χ3v) is 3.19. The van der Waals surface area contributed by atoms with Gasteiger partial charge in [-0.3, -0.25) is 0 Å². The van der Waals surface area contributed by atoms with Crippen LogP contribution < -0.4 is 0 Å². The molecule has 0 aliphatic heterocycles. The van der Waals surface area contributed by atoms with Crippen molar-refractivity contribution < 1.29 is 0 Å². The summed E-state index contributed by atoms with van der Waals surface area (Å²) in [4.78, 5) is 0. The summed E-state index contributed by atoms with van der Waals surface area (Å²) in [5.41, 5.74) is 1.23. The van der Waals surface area contributed by atoms with Crippen LogP contribution in [0, 0.1) is 0 Å². The molecular formula is C13H11Br. The average Bonchev–Trinajstić information content (AvgIpc) is 2.27. The molecule has 0 bridgehead atoms. The van der Waals surface area contributed by atoms with E-state index < -0.39 is 0 Å². The molecule has 70 valence electrons. The highest BCUT2D eigenvalue weighted by Gasteiger charge is 1.97. The fourth-order valence-corrected chi connectivity index (χ4v) is 1.75. The molecule has 0 spiro atoms. The van der Waals surface area contributed by atoms with Gasteiger partial charge in [0.25, 0.3) is 0 Å². The van der Waals surface area contributed by atoms with E-state index in [0.29, 0.717) is 0 Å². The molecule has 0 radical (unpaired) electrons. The van der Waals surface area contributed by atoms with Gasteiger partial charge in [-0.25, -0.2) is 0 Å². The van der Waals surface area contributed by atoms with Crippen LogP contribution in [0.4, 0.5) is 0 Å². The lowest BCUT2D eigenvalue weighted by Gasteiger charge is -2.01. The van der Waals surface area contributed by atoms with Crippen molar-refractivity contribution in [1.82, 2.24) is 0 Å². The van der Waals surface area contributed by atoms with Gasteiger partial charge in [-0.05, 0) is 29.3 Å². The second-order valence-electron chi connectivity index (χ2n) is 3.20. The molecule has 2 aromatic carbocycles. The Bertz CT molecular complexity index is 483. The Labute approximate surface area is 92.4 Å². The van der Waals surface area contributed by atoms with E-state index in [0.717, 1.165) is 4.48 Å². The molecule has 0 aliphatic carbocycles. The van der Waals surface area contributed by atoms with Crippen LogP contribution in [0.3, 0.4) is 0 Å². The third kappa shape index (κ3) is 1.73. The van der Waals surface area contributed by atoms with E-state index in [4.69, 9.17) is 0 Å². The molecule has 0 saturated carbocycles. The number of rotatable bonds is 1. The van der Waals surface area contributed by atoms with Crippen LogP contribution in [0.1, 0.15) is 12.5 Å². The van der Waals surface area contributed by atoms with Gasteiger partial charge >= 0.3 is 0 Å². The zero-order valence-electron chi connectivity index (χ0n) is 8.00. The fraction of sp³-hybridized carbons (Fsp3) is 0.0769. The predicted molar refractivity (Wildman–Crippen MR) is 66.5 cm³/mol. The van der Waals surface area contributed by atoms with Crippen molar-refractivity contribution in [3.8, 4) is 0 Å². The predicted octanol–water partition coefficient (Wildman–Crippen LogP) is 4.60. The summed E-state index contributed by atoms with van der Waals surface area (Å²) in [7, 11) is 0. The highest BCUT2D eigenvalue weighted by Crippen LogP contribution is 2.24. The van der Waals surface area contributed by atoms with Crippen molar-refractivity contribution in [3.63, 3.8) is 0 Å². The molecular weight excluding hydrogens is 236 g/mol. The Morgan fingerprint density at radius 1 is 1.07 bits per heavy atom. The van der Waals surface area contributed by atoms with Crippen molar-refractivity contribution in [3.05, 3.63) is 54.1 Å². The smallest absolute Gasteiger partial charge is 0.0205 e. The molecule has 0 amide bonds. The van der Waals surface area contributed by atoms with Gasteiger partial charge in [0.05, 0.1) is 0 Å². The van der Waals surface area contributed by atoms with Crippen LogP contribution in [0.2, 0.25) is 0 Å². The monoisotopic (exact) mass is 246 g/mol. The Morgan fingerprint density at radius 2 is 1.79 bits per heavy atom. The summed E-state index contributed by atoms with van der Waals surface area (Å²) in [5.74, 6) is 0. The van der Waals surface area contributed by atoms with E-state index >= 15 is 0 Å². The van der Waals surface area contributed by atoms with Crippen molar-refractivity contribution >= 4 is 31.2 Å². The van der Waals surface area contributed by atoms with Crippen LogP contribution in [0.5, 0.6) is 0 Å². The number of halogens is 1. The first kappa shape index (κ1) is 9.47. The Kier molecular flexibility index (Phi) is 2.69. The van der Waals surface area contributed by atoms with Gasteiger partial charge in [0.1, 0.15) is 0 Å². The van der Waals surface area contributed by atoms with Gasteiger partial charge in [0.15, 0.2) is 0 Å². The normalized spacial score (nSPS) is 12.0. The minimum atomic E-state index is 1.14. The maximum atomic E-state index is 3.53. The zero-order valence-corrected chi connectivity index (χ0v) is 9.58. The molecule has 14 heavy (non-hydrogen) atoms. The van der Waals surface area contributed by atoms with Crippen LogP contribution in [0.25, 0.3) is 15.3 Å². The average molecular weight is 247 g/mol. The van der Waals surface area contributed by atoms with Crippen LogP contribution in [-0.2, 0) is 0 Å². The first-order valence-corrected chi connectivity index (χ1v) is 5.41. The molecule has 0 fully saturated rings.